The molecule has 0 bridgehead atoms. The minimum atomic E-state index is -0.500. The summed E-state index contributed by atoms with van der Waals surface area (Å²) in [6.07, 6.45) is 0. The zero-order valence-corrected chi connectivity index (χ0v) is 10.3. The second-order valence-electron chi connectivity index (χ2n) is 4.51. The maximum Gasteiger partial charge on any atom is 0.0749 e. The molecule has 0 fully saturated rings. The standard InChI is InChI=1S/C12H19OP/c1-10(13)14(12(2,3)4)11-8-6-5-7-9-11/h5-10,13H,1-4H3. The molecule has 1 aromatic rings. The second-order valence-corrected chi connectivity index (χ2v) is 7.85. The van der Waals surface area contributed by atoms with Crippen molar-refractivity contribution in [1.82, 2.24) is 0 Å². The highest BCUT2D eigenvalue weighted by atomic mass is 31.1. The number of rotatable bonds is 2. The van der Waals surface area contributed by atoms with Crippen LogP contribution in [0.15, 0.2) is 30.3 Å². The lowest BCUT2D eigenvalue weighted by Gasteiger charge is -2.33. The van der Waals surface area contributed by atoms with E-state index in [9.17, 15) is 5.11 Å². The molecule has 2 atom stereocenters. The van der Waals surface area contributed by atoms with E-state index in [0.29, 0.717) is 0 Å². The van der Waals surface area contributed by atoms with Crippen LogP contribution in [0, 0.1) is 0 Å². The first-order valence-corrected chi connectivity index (χ1v) is 6.36. The van der Waals surface area contributed by atoms with Crippen LogP contribution in [0.4, 0.5) is 0 Å². The molecule has 1 N–H and O–H groups in total. The fraction of sp³-hybridized carbons (Fsp3) is 0.500. The van der Waals surface area contributed by atoms with Gasteiger partial charge in [0.2, 0.25) is 0 Å². The molecule has 0 heterocycles. The Balaban J connectivity index is 3.02. The normalized spacial score (nSPS) is 16.4. The molecule has 2 unspecified atom stereocenters. The average Bonchev–Trinajstić information content (AvgIpc) is 2.02. The van der Waals surface area contributed by atoms with E-state index >= 15 is 0 Å². The van der Waals surface area contributed by atoms with Crippen molar-refractivity contribution >= 4 is 13.2 Å². The fourth-order valence-corrected chi connectivity index (χ4v) is 4.57. The lowest BCUT2D eigenvalue weighted by atomic mass is 10.3. The fourth-order valence-electron chi connectivity index (χ4n) is 1.75. The van der Waals surface area contributed by atoms with Gasteiger partial charge in [0, 0.05) is 0 Å². The lowest BCUT2D eigenvalue weighted by molar-refractivity contribution is 0.276. The van der Waals surface area contributed by atoms with E-state index in [0.717, 1.165) is 0 Å². The van der Waals surface area contributed by atoms with Crippen molar-refractivity contribution in [3.63, 3.8) is 0 Å². The zero-order chi connectivity index (χ0) is 10.8. The number of benzene rings is 1. The summed E-state index contributed by atoms with van der Waals surface area (Å²) in [5.41, 5.74) is 0. The monoisotopic (exact) mass is 210 g/mol. The molecule has 1 nitrogen and oxygen atoms in total. The van der Waals surface area contributed by atoms with Gasteiger partial charge >= 0.3 is 0 Å². The predicted molar refractivity (Wildman–Crippen MR) is 64.4 cm³/mol. The summed E-state index contributed by atoms with van der Waals surface area (Å²) in [6, 6.07) is 10.3. The third-order valence-corrected chi connectivity index (χ3v) is 5.18. The van der Waals surface area contributed by atoms with Crippen molar-refractivity contribution in [2.45, 2.75) is 38.7 Å². The molecule has 1 aromatic carbocycles. The van der Waals surface area contributed by atoms with Crippen molar-refractivity contribution in [2.24, 2.45) is 0 Å². The van der Waals surface area contributed by atoms with Crippen molar-refractivity contribution in [2.75, 3.05) is 0 Å². The van der Waals surface area contributed by atoms with E-state index in [1.165, 1.54) is 5.30 Å². The van der Waals surface area contributed by atoms with Gasteiger partial charge in [0.25, 0.3) is 0 Å². The van der Waals surface area contributed by atoms with Crippen molar-refractivity contribution < 1.29 is 5.11 Å². The largest absolute Gasteiger partial charge is 0.389 e. The minimum Gasteiger partial charge on any atom is -0.389 e. The van der Waals surface area contributed by atoms with E-state index in [1.54, 1.807) is 0 Å². The average molecular weight is 210 g/mol. The maximum absolute atomic E-state index is 9.83. The van der Waals surface area contributed by atoms with E-state index in [1.807, 2.05) is 25.1 Å². The van der Waals surface area contributed by atoms with E-state index in [4.69, 9.17) is 0 Å². The van der Waals surface area contributed by atoms with Gasteiger partial charge in [0.05, 0.1) is 5.85 Å². The van der Waals surface area contributed by atoms with Crippen molar-refractivity contribution in [1.29, 1.82) is 0 Å². The molecule has 0 aliphatic rings. The van der Waals surface area contributed by atoms with E-state index in [-0.39, 0.29) is 11.0 Å². The number of hydrogen-bond donors (Lipinski definition) is 1. The van der Waals surface area contributed by atoms with Crippen LogP contribution in [0.3, 0.4) is 0 Å². The predicted octanol–water partition coefficient (Wildman–Crippen LogP) is 2.93. The zero-order valence-electron chi connectivity index (χ0n) is 9.36. The highest BCUT2D eigenvalue weighted by Crippen LogP contribution is 2.51. The van der Waals surface area contributed by atoms with Gasteiger partial charge in [-0.2, -0.15) is 0 Å². The third-order valence-electron chi connectivity index (χ3n) is 2.13. The smallest absolute Gasteiger partial charge is 0.0749 e. The Labute approximate surface area is 87.9 Å². The molecule has 0 aliphatic heterocycles. The highest BCUT2D eigenvalue weighted by Gasteiger charge is 2.29. The summed E-state index contributed by atoms with van der Waals surface area (Å²) in [5, 5.41) is 11.3. The molecule has 0 spiro atoms. The molecule has 0 aliphatic carbocycles. The summed E-state index contributed by atoms with van der Waals surface area (Å²) in [4.78, 5) is 0. The summed E-state index contributed by atoms with van der Waals surface area (Å²) < 4.78 is 0. The second kappa shape index (κ2) is 4.42. The van der Waals surface area contributed by atoms with Crippen molar-refractivity contribution in [3.05, 3.63) is 30.3 Å². The van der Waals surface area contributed by atoms with Gasteiger partial charge in [0.15, 0.2) is 0 Å². The van der Waals surface area contributed by atoms with Crippen LogP contribution < -0.4 is 5.30 Å². The van der Waals surface area contributed by atoms with E-state index < -0.39 is 7.92 Å². The van der Waals surface area contributed by atoms with Gasteiger partial charge in [-0.25, -0.2) is 0 Å². The molecule has 0 saturated heterocycles. The Morgan fingerprint density at radius 3 is 2.00 bits per heavy atom. The molecule has 78 valence electrons. The summed E-state index contributed by atoms with van der Waals surface area (Å²) in [7, 11) is -0.500. The molecule has 0 amide bonds. The van der Waals surface area contributed by atoms with Gasteiger partial charge in [-0.1, -0.05) is 51.1 Å². The quantitative estimate of drug-likeness (QED) is 0.744. The van der Waals surface area contributed by atoms with Gasteiger partial charge in [-0.05, 0) is 25.3 Å². The van der Waals surface area contributed by atoms with Crippen molar-refractivity contribution in [3.8, 4) is 0 Å². The van der Waals surface area contributed by atoms with E-state index in [2.05, 4.69) is 32.9 Å². The molecule has 14 heavy (non-hydrogen) atoms. The van der Waals surface area contributed by atoms with Gasteiger partial charge < -0.3 is 5.11 Å². The molecule has 0 aromatic heterocycles. The molecule has 1 rings (SSSR count). The topological polar surface area (TPSA) is 20.2 Å². The summed E-state index contributed by atoms with van der Waals surface area (Å²) in [6.45, 7) is 8.47. The summed E-state index contributed by atoms with van der Waals surface area (Å²) in [5.74, 6) is -0.243. The van der Waals surface area contributed by atoms with Crippen LogP contribution in [0.2, 0.25) is 0 Å². The highest BCUT2D eigenvalue weighted by molar-refractivity contribution is 7.67. The number of aliphatic hydroxyl groups is 1. The van der Waals surface area contributed by atoms with Crippen LogP contribution >= 0.6 is 7.92 Å². The summed E-state index contributed by atoms with van der Waals surface area (Å²) >= 11 is 0. The Hall–Kier alpha value is -0.390. The maximum atomic E-state index is 9.83. The Morgan fingerprint density at radius 2 is 1.64 bits per heavy atom. The van der Waals surface area contributed by atoms with Crippen LogP contribution in [0.25, 0.3) is 0 Å². The molecule has 0 saturated carbocycles. The Bertz CT molecular complexity index is 274. The lowest BCUT2D eigenvalue weighted by Crippen LogP contribution is -2.25. The van der Waals surface area contributed by atoms with Gasteiger partial charge in [-0.15, -0.1) is 0 Å². The first kappa shape index (κ1) is 11.7. The Kier molecular flexibility index (Phi) is 3.69. The molecule has 2 heteroatoms. The minimum absolute atomic E-state index is 0.158. The SMILES string of the molecule is CC(O)P(c1ccccc1)C(C)(C)C. The van der Waals surface area contributed by atoms with Gasteiger partial charge in [-0.3, -0.25) is 0 Å². The van der Waals surface area contributed by atoms with Gasteiger partial charge in [0.1, 0.15) is 0 Å². The molecular formula is C12H19OP. The molecule has 0 radical (unpaired) electrons. The number of hydrogen-bond acceptors (Lipinski definition) is 1. The van der Waals surface area contributed by atoms with Crippen LogP contribution in [-0.2, 0) is 0 Å². The van der Waals surface area contributed by atoms with Crippen LogP contribution in [-0.4, -0.2) is 16.1 Å². The third kappa shape index (κ3) is 2.80. The first-order valence-electron chi connectivity index (χ1n) is 4.95. The molecular weight excluding hydrogens is 191 g/mol. The first-order chi connectivity index (χ1) is 6.43. The van der Waals surface area contributed by atoms with Crippen LogP contribution in [0.1, 0.15) is 27.7 Å². The van der Waals surface area contributed by atoms with Crippen LogP contribution in [0.5, 0.6) is 0 Å². The number of aliphatic hydroxyl groups excluding tert-OH is 1. The Morgan fingerprint density at radius 1 is 1.14 bits per heavy atom.